The summed E-state index contributed by atoms with van der Waals surface area (Å²) in [7, 11) is 0. The number of nitrogens with zero attached hydrogens (tertiary/aromatic N) is 3. The van der Waals surface area contributed by atoms with Crippen LogP contribution in [0.2, 0.25) is 0 Å². The Labute approximate surface area is 180 Å². The van der Waals surface area contributed by atoms with Gasteiger partial charge in [0.2, 0.25) is 0 Å². The summed E-state index contributed by atoms with van der Waals surface area (Å²) in [6.07, 6.45) is 3.22. The van der Waals surface area contributed by atoms with Gasteiger partial charge in [0.05, 0.1) is 30.3 Å². The topological polar surface area (TPSA) is 95.8 Å². The number of rotatable bonds is 7. The van der Waals surface area contributed by atoms with Gasteiger partial charge in [0, 0.05) is 18.0 Å². The molecule has 32 heavy (non-hydrogen) atoms. The van der Waals surface area contributed by atoms with Crippen LogP contribution in [-0.2, 0) is 6.54 Å². The number of hydrogen-bond donors (Lipinski definition) is 3. The van der Waals surface area contributed by atoms with Crippen molar-refractivity contribution in [3.05, 3.63) is 83.9 Å². The highest BCUT2D eigenvalue weighted by atomic mass is 19.1. The molecule has 7 nitrogen and oxygen atoms in total. The maximum absolute atomic E-state index is 15.2. The van der Waals surface area contributed by atoms with Gasteiger partial charge in [0.15, 0.2) is 5.82 Å². The molecule has 0 aliphatic carbocycles. The molecule has 0 saturated heterocycles. The molecule has 0 fully saturated rings. The molecule has 0 saturated carbocycles. The fourth-order valence-corrected chi connectivity index (χ4v) is 3.31. The van der Waals surface area contributed by atoms with Crippen LogP contribution < -0.4 is 5.32 Å². The first-order valence-electron chi connectivity index (χ1n) is 9.65. The molecule has 4 rings (SSSR count). The number of nitrogens with one attached hydrogen (secondary N) is 2. The summed E-state index contributed by atoms with van der Waals surface area (Å²) >= 11 is 0. The summed E-state index contributed by atoms with van der Waals surface area (Å²) in [6.45, 7) is -0.198. The predicted molar refractivity (Wildman–Crippen MR) is 110 cm³/mol. The number of aliphatic hydroxyl groups excluding tert-OH is 1. The molecule has 3 N–H and O–H groups in total. The van der Waals surface area contributed by atoms with Crippen molar-refractivity contribution in [2.45, 2.75) is 12.6 Å². The average molecular weight is 441 g/mol. The molecule has 0 spiro atoms. The number of carbonyl (C=O) groups is 1. The molecular formula is C22H18F3N5O2. The van der Waals surface area contributed by atoms with E-state index in [-0.39, 0.29) is 41.2 Å². The van der Waals surface area contributed by atoms with Gasteiger partial charge in [-0.15, -0.1) is 0 Å². The molecule has 164 valence electrons. The van der Waals surface area contributed by atoms with Crippen LogP contribution in [-0.4, -0.2) is 43.6 Å². The lowest BCUT2D eigenvalue weighted by Gasteiger charge is -2.17. The fourth-order valence-electron chi connectivity index (χ4n) is 3.31. The Morgan fingerprint density at radius 3 is 2.59 bits per heavy atom. The van der Waals surface area contributed by atoms with E-state index >= 15 is 4.39 Å². The second kappa shape index (κ2) is 9.06. The van der Waals surface area contributed by atoms with Crippen LogP contribution in [0.3, 0.4) is 0 Å². The second-order valence-corrected chi connectivity index (χ2v) is 7.01. The van der Waals surface area contributed by atoms with Crippen LogP contribution in [0.1, 0.15) is 10.4 Å². The summed E-state index contributed by atoms with van der Waals surface area (Å²) in [4.78, 5) is 12.9. The van der Waals surface area contributed by atoms with Crippen LogP contribution in [0.5, 0.6) is 0 Å². The van der Waals surface area contributed by atoms with Gasteiger partial charge in [-0.05, 0) is 42.5 Å². The number of hydrogen-bond acceptors (Lipinski definition) is 4. The van der Waals surface area contributed by atoms with Gasteiger partial charge in [-0.2, -0.15) is 10.2 Å². The maximum atomic E-state index is 15.2. The summed E-state index contributed by atoms with van der Waals surface area (Å²) in [5.41, 5.74) is -0.619. The maximum Gasteiger partial charge on any atom is 0.252 e. The summed E-state index contributed by atoms with van der Waals surface area (Å²) in [5.74, 6) is -2.92. The Bertz CT molecular complexity index is 1220. The van der Waals surface area contributed by atoms with Crippen LogP contribution in [0, 0.1) is 17.5 Å². The third-order valence-corrected chi connectivity index (χ3v) is 4.86. The van der Waals surface area contributed by atoms with E-state index in [0.717, 1.165) is 18.2 Å². The highest BCUT2D eigenvalue weighted by Crippen LogP contribution is 2.32. The molecule has 1 amide bonds. The van der Waals surface area contributed by atoms with Crippen molar-refractivity contribution in [3.8, 4) is 22.5 Å². The van der Waals surface area contributed by atoms with E-state index in [2.05, 4.69) is 20.6 Å². The average Bonchev–Trinajstić information content (AvgIpc) is 3.43. The Morgan fingerprint density at radius 1 is 1.12 bits per heavy atom. The first-order chi connectivity index (χ1) is 15.5. The lowest BCUT2D eigenvalue weighted by atomic mass is 10.0. The second-order valence-electron chi connectivity index (χ2n) is 7.01. The molecule has 10 heteroatoms. The van der Waals surface area contributed by atoms with E-state index < -0.39 is 29.4 Å². The number of amides is 1. The third-order valence-electron chi connectivity index (χ3n) is 4.86. The molecule has 1 atom stereocenters. The molecule has 2 heterocycles. The zero-order chi connectivity index (χ0) is 22.7. The van der Waals surface area contributed by atoms with Crippen LogP contribution in [0.25, 0.3) is 22.5 Å². The summed E-state index contributed by atoms with van der Waals surface area (Å²) < 4.78 is 44.6. The highest BCUT2D eigenvalue weighted by molar-refractivity contribution is 6.01. The van der Waals surface area contributed by atoms with E-state index in [9.17, 15) is 18.7 Å². The first-order valence-corrected chi connectivity index (χ1v) is 9.65. The summed E-state index contributed by atoms with van der Waals surface area (Å²) in [5, 5.41) is 22.6. The van der Waals surface area contributed by atoms with Gasteiger partial charge < -0.3 is 10.4 Å². The Hall–Kier alpha value is -3.92. The zero-order valence-electron chi connectivity index (χ0n) is 16.6. The van der Waals surface area contributed by atoms with E-state index in [1.807, 2.05) is 0 Å². The number of halogens is 3. The SMILES string of the molecule is O=C(N[C@@H](CO)Cn1cccn1)c1cccc(F)c1-c1[nH]nc(-c2ccc(F)cc2)c1F. The van der Waals surface area contributed by atoms with Gasteiger partial charge in [0.1, 0.15) is 23.0 Å². The minimum Gasteiger partial charge on any atom is -0.394 e. The van der Waals surface area contributed by atoms with Crippen molar-refractivity contribution in [2.75, 3.05) is 6.61 Å². The van der Waals surface area contributed by atoms with E-state index in [1.54, 1.807) is 18.5 Å². The first kappa shape index (κ1) is 21.3. The third kappa shape index (κ3) is 4.26. The molecule has 2 aromatic carbocycles. The van der Waals surface area contributed by atoms with Gasteiger partial charge >= 0.3 is 0 Å². The van der Waals surface area contributed by atoms with Crippen LogP contribution in [0.15, 0.2) is 60.9 Å². The Kier molecular flexibility index (Phi) is 6.04. The van der Waals surface area contributed by atoms with Gasteiger partial charge in [0.25, 0.3) is 5.91 Å². The number of benzene rings is 2. The molecule has 0 aliphatic heterocycles. The molecular weight excluding hydrogens is 423 g/mol. The normalized spacial score (nSPS) is 12.0. The van der Waals surface area contributed by atoms with Crippen molar-refractivity contribution in [1.29, 1.82) is 0 Å². The van der Waals surface area contributed by atoms with Gasteiger partial charge in [-0.25, -0.2) is 13.2 Å². The van der Waals surface area contributed by atoms with Crippen LogP contribution in [0.4, 0.5) is 13.2 Å². The number of H-pyrrole nitrogens is 1. The Balaban J connectivity index is 1.66. The van der Waals surface area contributed by atoms with Crippen molar-refractivity contribution >= 4 is 5.91 Å². The lowest BCUT2D eigenvalue weighted by molar-refractivity contribution is 0.0908. The standard InChI is InChI=1S/C22H18F3N5O2/c23-14-7-5-13(6-8-14)20-19(25)21(29-28-20)18-16(3-1-4-17(18)24)22(32)27-15(12-31)11-30-10-2-9-26-30/h1-10,15,31H,11-12H2,(H,27,32)(H,28,29)/t15-/m1/s1. The van der Waals surface area contributed by atoms with Gasteiger partial charge in [-0.1, -0.05) is 6.07 Å². The number of carbonyl (C=O) groups excluding carboxylic acids is 1. The summed E-state index contributed by atoms with van der Waals surface area (Å²) in [6, 6.07) is 9.73. The van der Waals surface area contributed by atoms with Crippen molar-refractivity contribution in [1.82, 2.24) is 25.3 Å². The molecule has 2 aromatic heterocycles. The van der Waals surface area contributed by atoms with Crippen molar-refractivity contribution in [2.24, 2.45) is 0 Å². The van der Waals surface area contributed by atoms with E-state index in [4.69, 9.17) is 0 Å². The van der Waals surface area contributed by atoms with E-state index in [1.165, 1.54) is 28.9 Å². The Morgan fingerprint density at radius 2 is 1.91 bits per heavy atom. The van der Waals surface area contributed by atoms with Crippen molar-refractivity contribution in [3.63, 3.8) is 0 Å². The van der Waals surface area contributed by atoms with Crippen molar-refractivity contribution < 1.29 is 23.1 Å². The smallest absolute Gasteiger partial charge is 0.252 e. The minimum atomic E-state index is -0.883. The predicted octanol–water partition coefficient (Wildman–Crippen LogP) is 3.15. The molecule has 4 aromatic rings. The monoisotopic (exact) mass is 441 g/mol. The largest absolute Gasteiger partial charge is 0.394 e. The fraction of sp³-hybridized carbons (Fsp3) is 0.136. The molecule has 0 radical (unpaired) electrons. The highest BCUT2D eigenvalue weighted by Gasteiger charge is 2.25. The van der Waals surface area contributed by atoms with Gasteiger partial charge in [-0.3, -0.25) is 14.6 Å². The number of aliphatic hydroxyl groups is 1. The molecule has 0 unspecified atom stereocenters. The number of aromatic nitrogens is 4. The molecule has 0 aliphatic rings. The minimum absolute atomic E-state index is 0.137. The zero-order valence-corrected chi connectivity index (χ0v) is 16.6. The quantitative estimate of drug-likeness (QED) is 0.411. The van der Waals surface area contributed by atoms with E-state index in [0.29, 0.717) is 0 Å². The number of aromatic amines is 1. The molecule has 0 bridgehead atoms. The van der Waals surface area contributed by atoms with Crippen LogP contribution >= 0.6 is 0 Å². The lowest BCUT2D eigenvalue weighted by Crippen LogP contribution is -2.41.